The molecular formula is C27H38O7. The third-order valence-electron chi connectivity index (χ3n) is 8.04. The SMILES string of the molecule is CCOc1ccc(CO[C@@H]2[C@H]([C@@H]3COC4(CCCCC4)O3)O[C@@H]3OC4(CCCCC4)O[C@@H]32)cc1. The molecule has 5 fully saturated rings. The second-order valence-electron chi connectivity index (χ2n) is 10.4. The molecule has 3 heterocycles. The van der Waals surface area contributed by atoms with E-state index in [2.05, 4.69) is 0 Å². The second-order valence-corrected chi connectivity index (χ2v) is 10.4. The summed E-state index contributed by atoms with van der Waals surface area (Å²) < 4.78 is 44.4. The van der Waals surface area contributed by atoms with Crippen molar-refractivity contribution in [3.05, 3.63) is 29.8 Å². The molecule has 2 spiro atoms. The van der Waals surface area contributed by atoms with E-state index in [1.54, 1.807) is 0 Å². The van der Waals surface area contributed by atoms with Gasteiger partial charge in [-0.15, -0.1) is 0 Å². The van der Waals surface area contributed by atoms with Crippen molar-refractivity contribution >= 4 is 0 Å². The van der Waals surface area contributed by atoms with Crippen LogP contribution in [0.3, 0.4) is 0 Å². The highest BCUT2D eigenvalue weighted by Crippen LogP contribution is 2.48. The van der Waals surface area contributed by atoms with Crippen LogP contribution in [0.1, 0.15) is 76.7 Å². The van der Waals surface area contributed by atoms with Crippen molar-refractivity contribution in [2.45, 2.75) is 120 Å². The molecule has 1 aromatic carbocycles. The third-order valence-corrected chi connectivity index (χ3v) is 8.04. The Morgan fingerprint density at radius 2 is 1.53 bits per heavy atom. The van der Waals surface area contributed by atoms with E-state index < -0.39 is 17.9 Å². The van der Waals surface area contributed by atoms with Gasteiger partial charge in [0.05, 0.1) is 19.8 Å². The normalized spacial score (nSPS) is 36.2. The van der Waals surface area contributed by atoms with Crippen LogP contribution in [-0.4, -0.2) is 55.5 Å². The predicted octanol–water partition coefficient (Wildman–Crippen LogP) is 4.85. The summed E-state index contributed by atoms with van der Waals surface area (Å²) in [5.74, 6) is -0.0956. The Kier molecular flexibility index (Phi) is 6.60. The molecule has 0 radical (unpaired) electrons. The molecule has 0 N–H and O–H groups in total. The Labute approximate surface area is 202 Å². The van der Waals surface area contributed by atoms with Crippen molar-refractivity contribution < 1.29 is 33.2 Å². The number of fused-ring (bicyclic) bond motifs is 1. The van der Waals surface area contributed by atoms with Crippen LogP contribution in [-0.2, 0) is 35.0 Å². The van der Waals surface area contributed by atoms with Gasteiger partial charge in [0.25, 0.3) is 0 Å². The third kappa shape index (κ3) is 4.51. The standard InChI is InChI=1S/C27H38O7/c1-2-28-20-11-9-19(10-12-20)17-29-23-22(21-18-30-26(32-21)13-5-3-6-14-26)31-25-24(23)33-27(34-25)15-7-4-8-16-27/h9-12,21-25H,2-8,13-18H2,1H3/t21-,22-,23+,24+,25+/m0/s1. The zero-order chi connectivity index (χ0) is 23.0. The first-order valence-corrected chi connectivity index (χ1v) is 13.3. The smallest absolute Gasteiger partial charge is 0.190 e. The van der Waals surface area contributed by atoms with Crippen molar-refractivity contribution in [2.75, 3.05) is 13.2 Å². The molecular weight excluding hydrogens is 436 g/mol. The highest BCUT2D eigenvalue weighted by Gasteiger charge is 2.61. The maximum absolute atomic E-state index is 6.60. The summed E-state index contributed by atoms with van der Waals surface area (Å²) >= 11 is 0. The summed E-state index contributed by atoms with van der Waals surface area (Å²) in [4.78, 5) is 0. The molecule has 2 saturated carbocycles. The summed E-state index contributed by atoms with van der Waals surface area (Å²) in [6.45, 7) is 3.64. The van der Waals surface area contributed by atoms with E-state index in [1.165, 1.54) is 12.8 Å². The first kappa shape index (κ1) is 23.2. The second kappa shape index (κ2) is 9.68. The molecule has 0 bridgehead atoms. The van der Waals surface area contributed by atoms with E-state index in [4.69, 9.17) is 33.2 Å². The molecule has 5 atom stereocenters. The van der Waals surface area contributed by atoms with E-state index in [0.29, 0.717) is 19.8 Å². The van der Waals surface area contributed by atoms with Gasteiger partial charge in [-0.1, -0.05) is 25.0 Å². The molecule has 6 rings (SSSR count). The largest absolute Gasteiger partial charge is 0.494 e. The highest BCUT2D eigenvalue weighted by molar-refractivity contribution is 5.26. The van der Waals surface area contributed by atoms with Crippen LogP contribution in [0, 0.1) is 0 Å². The first-order chi connectivity index (χ1) is 16.7. The minimum Gasteiger partial charge on any atom is -0.494 e. The fraction of sp³-hybridized carbons (Fsp3) is 0.778. The molecule has 0 amide bonds. The Bertz CT molecular complexity index is 815. The van der Waals surface area contributed by atoms with Crippen LogP contribution in [0.4, 0.5) is 0 Å². The van der Waals surface area contributed by atoms with Gasteiger partial charge >= 0.3 is 0 Å². The molecule has 3 saturated heterocycles. The summed E-state index contributed by atoms with van der Waals surface area (Å²) in [7, 11) is 0. The fourth-order valence-corrected chi connectivity index (χ4v) is 6.30. The van der Waals surface area contributed by atoms with Crippen molar-refractivity contribution in [1.29, 1.82) is 0 Å². The molecule has 5 aliphatic rings. The van der Waals surface area contributed by atoms with Gasteiger partial charge in [0, 0.05) is 25.7 Å². The molecule has 2 aliphatic carbocycles. The molecule has 7 heteroatoms. The number of rotatable bonds is 6. The van der Waals surface area contributed by atoms with Gasteiger partial charge in [0.2, 0.25) is 0 Å². The minimum absolute atomic E-state index is 0.177. The van der Waals surface area contributed by atoms with Gasteiger partial charge in [-0.25, -0.2) is 0 Å². The van der Waals surface area contributed by atoms with Crippen LogP contribution in [0.15, 0.2) is 24.3 Å². The lowest BCUT2D eigenvalue weighted by Crippen LogP contribution is -2.45. The minimum atomic E-state index is -0.517. The summed E-state index contributed by atoms with van der Waals surface area (Å²) in [5, 5.41) is 0. The number of hydrogen-bond acceptors (Lipinski definition) is 7. The average molecular weight is 475 g/mol. The Morgan fingerprint density at radius 3 is 2.24 bits per heavy atom. The highest BCUT2D eigenvalue weighted by atomic mass is 16.9. The number of benzene rings is 1. The lowest BCUT2D eigenvalue weighted by molar-refractivity contribution is -0.263. The molecule has 34 heavy (non-hydrogen) atoms. The van der Waals surface area contributed by atoms with Crippen LogP contribution in [0.25, 0.3) is 0 Å². The van der Waals surface area contributed by atoms with Gasteiger partial charge in [-0.2, -0.15) is 0 Å². The average Bonchev–Trinajstić information content (AvgIpc) is 3.51. The van der Waals surface area contributed by atoms with E-state index >= 15 is 0 Å². The van der Waals surface area contributed by atoms with Crippen LogP contribution in [0.5, 0.6) is 5.75 Å². The summed E-state index contributed by atoms with van der Waals surface area (Å²) in [6, 6.07) is 8.07. The quantitative estimate of drug-likeness (QED) is 0.584. The monoisotopic (exact) mass is 474 g/mol. The Hall–Kier alpha value is -1.22. The van der Waals surface area contributed by atoms with Gasteiger partial charge in [0.15, 0.2) is 17.9 Å². The summed E-state index contributed by atoms with van der Waals surface area (Å²) in [5.41, 5.74) is 1.09. The molecule has 7 nitrogen and oxygen atoms in total. The van der Waals surface area contributed by atoms with Gasteiger partial charge in [-0.3, -0.25) is 0 Å². The lowest BCUT2D eigenvalue weighted by Gasteiger charge is -2.35. The van der Waals surface area contributed by atoms with E-state index in [1.807, 2.05) is 31.2 Å². The van der Waals surface area contributed by atoms with Crippen LogP contribution < -0.4 is 4.74 Å². The van der Waals surface area contributed by atoms with Gasteiger partial charge < -0.3 is 33.2 Å². The van der Waals surface area contributed by atoms with Crippen molar-refractivity contribution in [2.24, 2.45) is 0 Å². The Morgan fingerprint density at radius 1 is 0.824 bits per heavy atom. The van der Waals surface area contributed by atoms with E-state index in [-0.39, 0.29) is 24.4 Å². The number of ether oxygens (including phenoxy) is 7. The molecule has 1 aromatic rings. The van der Waals surface area contributed by atoms with Crippen molar-refractivity contribution in [3.63, 3.8) is 0 Å². The fourth-order valence-electron chi connectivity index (χ4n) is 6.30. The van der Waals surface area contributed by atoms with E-state index in [9.17, 15) is 0 Å². The van der Waals surface area contributed by atoms with Crippen LogP contribution >= 0.6 is 0 Å². The summed E-state index contributed by atoms with van der Waals surface area (Å²) in [6.07, 6.45) is 9.40. The zero-order valence-corrected chi connectivity index (χ0v) is 20.2. The molecule has 188 valence electrons. The maximum atomic E-state index is 6.60. The molecule has 0 unspecified atom stereocenters. The van der Waals surface area contributed by atoms with E-state index in [0.717, 1.165) is 62.7 Å². The lowest BCUT2D eigenvalue weighted by atomic mass is 9.94. The number of hydrogen-bond donors (Lipinski definition) is 0. The molecule has 3 aliphatic heterocycles. The first-order valence-electron chi connectivity index (χ1n) is 13.3. The van der Waals surface area contributed by atoms with Gasteiger partial charge in [0.1, 0.15) is 30.2 Å². The predicted molar refractivity (Wildman–Crippen MR) is 123 cm³/mol. The maximum Gasteiger partial charge on any atom is 0.190 e. The zero-order valence-electron chi connectivity index (χ0n) is 20.2. The Balaban J connectivity index is 1.17. The molecule has 0 aromatic heterocycles. The van der Waals surface area contributed by atoms with Crippen molar-refractivity contribution in [1.82, 2.24) is 0 Å². The van der Waals surface area contributed by atoms with Gasteiger partial charge in [-0.05, 0) is 50.3 Å². The topological polar surface area (TPSA) is 64.6 Å². The van der Waals surface area contributed by atoms with Crippen LogP contribution in [0.2, 0.25) is 0 Å². The van der Waals surface area contributed by atoms with Crippen molar-refractivity contribution in [3.8, 4) is 5.75 Å².